The summed E-state index contributed by atoms with van der Waals surface area (Å²) in [5, 5.41) is 5.33. The molecule has 2 fully saturated rings. The van der Waals surface area contributed by atoms with Crippen LogP contribution in [0.25, 0.3) is 33.6 Å². The zero-order chi connectivity index (χ0) is 47.7. The number of likely N-dealkylation sites (tertiary alicyclic amines) is 2. The van der Waals surface area contributed by atoms with Gasteiger partial charge < -0.3 is 39.4 Å². The molecule has 2 N–H and O–H groups in total. The van der Waals surface area contributed by atoms with Crippen molar-refractivity contribution in [3.05, 3.63) is 72.6 Å². The standard InChI is InChI=1S/C48H62N8O10/c1-9-25-65-47(61)55-37(27-49-41(55)35-13-11-23-53(35)43(57)39(29(3)4)51-45(59)63-7)33-19-15-31(16-20-33)32-17-21-34(22-18-32)38-28-50-42(56(38)48(62)66-26-10-2)36-14-12-24-54(36)44(58)40(30(5)6)52-46(60)64-8/h15-22,27-30,35-36,39-40H,9-14,23-26H2,1-8H3,(H,51,59)(H,52,60)/t35-,36-,39+,40+/m1/s1. The van der Waals surface area contributed by atoms with Crippen LogP contribution in [0.1, 0.15) is 104 Å². The van der Waals surface area contributed by atoms with Crippen molar-refractivity contribution in [2.24, 2.45) is 11.8 Å². The van der Waals surface area contributed by atoms with E-state index in [-0.39, 0.29) is 36.9 Å². The average molecular weight is 911 g/mol. The number of aromatic nitrogens is 4. The highest BCUT2D eigenvalue weighted by molar-refractivity contribution is 5.88. The lowest BCUT2D eigenvalue weighted by atomic mass is 10.0. The van der Waals surface area contributed by atoms with Gasteiger partial charge in [0.05, 0.1) is 63.3 Å². The Hall–Kier alpha value is -6.72. The fourth-order valence-corrected chi connectivity index (χ4v) is 8.52. The maximum atomic E-state index is 13.9. The molecule has 4 atom stereocenters. The second-order valence-electron chi connectivity index (χ2n) is 17.2. The molecule has 4 aromatic rings. The number of benzene rings is 2. The number of carbonyl (C=O) groups is 6. The van der Waals surface area contributed by atoms with Crippen molar-refractivity contribution in [3.8, 4) is 33.6 Å². The largest absolute Gasteiger partial charge is 0.453 e. The summed E-state index contributed by atoms with van der Waals surface area (Å²) in [4.78, 5) is 92.5. The Morgan fingerprint density at radius 1 is 0.591 bits per heavy atom. The Morgan fingerprint density at radius 3 is 1.26 bits per heavy atom. The molecule has 18 heteroatoms. The first-order valence-electron chi connectivity index (χ1n) is 22.7. The fraction of sp³-hybridized carbons (Fsp3) is 0.500. The van der Waals surface area contributed by atoms with Crippen LogP contribution in [0.5, 0.6) is 0 Å². The van der Waals surface area contributed by atoms with E-state index in [1.807, 2.05) is 90.1 Å². The summed E-state index contributed by atoms with van der Waals surface area (Å²) in [6.07, 6.45) is 4.35. The number of alkyl carbamates (subject to hydrolysis) is 2. The summed E-state index contributed by atoms with van der Waals surface area (Å²) in [6, 6.07) is 12.6. The normalized spacial score (nSPS) is 16.8. The fourth-order valence-electron chi connectivity index (χ4n) is 8.52. The van der Waals surface area contributed by atoms with Gasteiger partial charge in [-0.25, -0.2) is 38.3 Å². The number of imidazole rings is 2. The van der Waals surface area contributed by atoms with Crippen LogP contribution in [0.4, 0.5) is 19.2 Å². The number of nitrogens with zero attached hydrogens (tertiary/aromatic N) is 6. The third-order valence-electron chi connectivity index (χ3n) is 11.9. The van der Waals surface area contributed by atoms with Crippen LogP contribution >= 0.6 is 0 Å². The van der Waals surface area contributed by atoms with Gasteiger partial charge in [0.2, 0.25) is 11.8 Å². The first-order chi connectivity index (χ1) is 31.7. The quantitative estimate of drug-likeness (QED) is 0.109. The van der Waals surface area contributed by atoms with Crippen molar-refractivity contribution in [2.45, 2.75) is 104 Å². The van der Waals surface area contributed by atoms with Crippen molar-refractivity contribution < 1.29 is 47.7 Å². The topological polar surface area (TPSA) is 206 Å². The highest BCUT2D eigenvalue weighted by Gasteiger charge is 2.41. The van der Waals surface area contributed by atoms with Crippen molar-refractivity contribution in [2.75, 3.05) is 40.5 Å². The van der Waals surface area contributed by atoms with Crippen LogP contribution < -0.4 is 10.6 Å². The molecule has 4 amide bonds. The lowest BCUT2D eigenvalue weighted by Crippen LogP contribution is -2.51. The lowest BCUT2D eigenvalue weighted by Gasteiger charge is -2.30. The summed E-state index contributed by atoms with van der Waals surface area (Å²) in [6.45, 7) is 12.4. The van der Waals surface area contributed by atoms with Crippen LogP contribution in [0.2, 0.25) is 0 Å². The van der Waals surface area contributed by atoms with Crippen LogP contribution in [0.3, 0.4) is 0 Å². The van der Waals surface area contributed by atoms with Gasteiger partial charge in [0.15, 0.2) is 0 Å². The molecule has 2 aromatic heterocycles. The number of rotatable bonds is 15. The molecule has 2 aromatic carbocycles. The zero-order valence-corrected chi connectivity index (χ0v) is 39.1. The first-order valence-corrected chi connectivity index (χ1v) is 22.7. The van der Waals surface area contributed by atoms with E-state index in [9.17, 15) is 28.8 Å². The minimum atomic E-state index is -0.835. The second-order valence-corrected chi connectivity index (χ2v) is 17.2. The number of ether oxygens (including phenoxy) is 4. The van der Waals surface area contributed by atoms with E-state index in [0.717, 1.165) is 11.1 Å². The van der Waals surface area contributed by atoms with E-state index < -0.39 is 48.5 Å². The van der Waals surface area contributed by atoms with Crippen LogP contribution in [0.15, 0.2) is 60.9 Å². The molecular formula is C48H62N8O10. The highest BCUT2D eigenvalue weighted by atomic mass is 16.6. The van der Waals surface area contributed by atoms with Crippen LogP contribution in [-0.2, 0) is 28.5 Å². The molecule has 2 aliphatic rings. The molecule has 0 spiro atoms. The van der Waals surface area contributed by atoms with E-state index in [1.165, 1.54) is 23.4 Å². The lowest BCUT2D eigenvalue weighted by molar-refractivity contribution is -0.136. The van der Waals surface area contributed by atoms with Crippen molar-refractivity contribution in [1.82, 2.24) is 39.5 Å². The Bertz CT molecular complexity index is 2190. The Morgan fingerprint density at radius 2 is 0.939 bits per heavy atom. The smallest absolute Gasteiger partial charge is 0.420 e. The van der Waals surface area contributed by atoms with Gasteiger partial charge >= 0.3 is 24.4 Å². The molecule has 66 heavy (non-hydrogen) atoms. The molecule has 354 valence electrons. The molecule has 0 saturated carbocycles. The van der Waals surface area contributed by atoms with Gasteiger partial charge in [-0.1, -0.05) is 90.1 Å². The number of carbonyl (C=O) groups excluding carboxylic acids is 6. The van der Waals surface area contributed by atoms with Gasteiger partial charge in [-0.3, -0.25) is 9.59 Å². The molecule has 2 saturated heterocycles. The summed E-state index contributed by atoms with van der Waals surface area (Å²) >= 11 is 0. The van der Waals surface area contributed by atoms with Crippen molar-refractivity contribution >= 4 is 36.2 Å². The molecule has 2 aliphatic heterocycles. The van der Waals surface area contributed by atoms with Gasteiger partial charge in [-0.2, -0.15) is 0 Å². The molecule has 18 nitrogen and oxygen atoms in total. The number of amides is 4. The van der Waals surface area contributed by atoms with Crippen molar-refractivity contribution in [3.63, 3.8) is 0 Å². The number of hydrogen-bond donors (Lipinski definition) is 2. The van der Waals surface area contributed by atoms with Crippen LogP contribution in [-0.4, -0.2) is 118 Å². The SMILES string of the molecule is CCCOC(=O)n1c(-c2ccc(-c3ccc(-c4cnc([C@H]5CCCN5C(=O)[C@@H](NC(=O)OC)C(C)C)n4C(=O)OCCC)cc3)cc2)cnc1[C@H]1CCCN1C(=O)[C@@H](NC(=O)OC)C(C)C. The van der Waals surface area contributed by atoms with E-state index in [0.29, 0.717) is 85.8 Å². The molecular weight excluding hydrogens is 849 g/mol. The summed E-state index contributed by atoms with van der Waals surface area (Å²) < 4.78 is 23.8. The Kier molecular flexibility index (Phi) is 16.2. The number of methoxy groups -OCH3 is 2. The minimum absolute atomic E-state index is 0.201. The van der Waals surface area contributed by atoms with E-state index in [2.05, 4.69) is 10.6 Å². The van der Waals surface area contributed by atoms with Gasteiger partial charge in [0.1, 0.15) is 23.7 Å². The molecule has 0 aliphatic carbocycles. The number of hydrogen-bond acceptors (Lipinski definition) is 12. The summed E-state index contributed by atoms with van der Waals surface area (Å²) in [5.41, 5.74) is 4.17. The Balaban J connectivity index is 1.28. The van der Waals surface area contributed by atoms with E-state index in [4.69, 9.17) is 28.9 Å². The maximum absolute atomic E-state index is 13.9. The van der Waals surface area contributed by atoms with Crippen LogP contribution in [0, 0.1) is 11.8 Å². The number of nitrogens with one attached hydrogen (secondary N) is 2. The zero-order valence-electron chi connectivity index (χ0n) is 39.1. The third kappa shape index (κ3) is 10.5. The first kappa shape index (κ1) is 48.7. The van der Waals surface area contributed by atoms with Gasteiger partial charge in [-0.15, -0.1) is 0 Å². The van der Waals surface area contributed by atoms with E-state index >= 15 is 0 Å². The molecule has 0 radical (unpaired) electrons. The van der Waals surface area contributed by atoms with E-state index in [1.54, 1.807) is 22.2 Å². The van der Waals surface area contributed by atoms with Gasteiger partial charge in [0, 0.05) is 24.2 Å². The second kappa shape index (κ2) is 22.0. The maximum Gasteiger partial charge on any atom is 0.420 e. The van der Waals surface area contributed by atoms with Gasteiger partial charge in [0.25, 0.3) is 0 Å². The summed E-state index contributed by atoms with van der Waals surface area (Å²) in [7, 11) is 2.50. The average Bonchev–Trinajstić information content (AvgIpc) is 4.16. The third-order valence-corrected chi connectivity index (χ3v) is 11.9. The van der Waals surface area contributed by atoms with Gasteiger partial charge in [-0.05, 0) is 61.5 Å². The molecule has 4 heterocycles. The molecule has 6 rings (SSSR count). The predicted octanol–water partition coefficient (Wildman–Crippen LogP) is 7.96. The monoisotopic (exact) mass is 910 g/mol. The molecule has 0 bridgehead atoms. The highest BCUT2D eigenvalue weighted by Crippen LogP contribution is 2.38. The Labute approximate surface area is 385 Å². The summed E-state index contributed by atoms with van der Waals surface area (Å²) in [5.74, 6) is -0.269. The predicted molar refractivity (Wildman–Crippen MR) is 244 cm³/mol. The minimum Gasteiger partial charge on any atom is -0.453 e. The van der Waals surface area contributed by atoms with Crippen molar-refractivity contribution in [1.29, 1.82) is 0 Å². The molecule has 0 unspecified atom stereocenters.